The van der Waals surface area contributed by atoms with Crippen molar-refractivity contribution in [3.63, 3.8) is 0 Å². The molecule has 2 aliphatic rings. The van der Waals surface area contributed by atoms with Crippen molar-refractivity contribution in [3.8, 4) is 17.2 Å². The van der Waals surface area contributed by atoms with E-state index < -0.39 is 17.7 Å². The number of unbranched alkanes of at least 4 members (excludes halogenated alkanes) is 1. The van der Waals surface area contributed by atoms with Crippen molar-refractivity contribution in [1.29, 1.82) is 0 Å². The molecule has 4 rings (SSSR count). The van der Waals surface area contributed by atoms with Crippen LogP contribution in [0.25, 0.3) is 5.76 Å². The number of fused-ring (bicyclic) bond motifs is 1. The quantitative estimate of drug-likeness (QED) is 0.362. The van der Waals surface area contributed by atoms with Crippen molar-refractivity contribution in [3.05, 3.63) is 59.2 Å². The lowest BCUT2D eigenvalue weighted by molar-refractivity contribution is -0.139. The molecule has 0 radical (unpaired) electrons. The van der Waals surface area contributed by atoms with E-state index in [0.29, 0.717) is 43.4 Å². The first-order valence-corrected chi connectivity index (χ1v) is 11.5. The van der Waals surface area contributed by atoms with Gasteiger partial charge in [0.15, 0.2) is 11.5 Å². The monoisotopic (exact) mass is 451 g/mol. The van der Waals surface area contributed by atoms with E-state index in [1.807, 2.05) is 38.1 Å². The van der Waals surface area contributed by atoms with Crippen LogP contribution in [0.15, 0.2) is 48.0 Å². The minimum absolute atomic E-state index is 0.0787. The van der Waals surface area contributed by atoms with Crippen molar-refractivity contribution in [2.75, 3.05) is 26.4 Å². The maximum Gasteiger partial charge on any atom is 0.295 e. The van der Waals surface area contributed by atoms with E-state index in [4.69, 9.17) is 14.2 Å². The second-order valence-corrected chi connectivity index (χ2v) is 8.12. The topological polar surface area (TPSA) is 85.3 Å². The fourth-order valence-electron chi connectivity index (χ4n) is 4.10. The Bertz CT molecular complexity index is 1060. The Morgan fingerprint density at radius 1 is 1.03 bits per heavy atom. The molecule has 1 saturated heterocycles. The molecule has 1 atom stereocenters. The van der Waals surface area contributed by atoms with Crippen LogP contribution in [-0.4, -0.2) is 48.1 Å². The summed E-state index contributed by atoms with van der Waals surface area (Å²) < 4.78 is 16.8. The minimum atomic E-state index is -0.685. The first-order valence-electron chi connectivity index (χ1n) is 11.5. The van der Waals surface area contributed by atoms with Gasteiger partial charge in [0, 0.05) is 12.1 Å². The third kappa shape index (κ3) is 4.53. The van der Waals surface area contributed by atoms with Gasteiger partial charge in [-0.2, -0.15) is 0 Å². The van der Waals surface area contributed by atoms with E-state index >= 15 is 0 Å². The first-order chi connectivity index (χ1) is 16.0. The van der Waals surface area contributed by atoms with Crippen LogP contribution >= 0.6 is 0 Å². The zero-order valence-electron chi connectivity index (χ0n) is 19.0. The van der Waals surface area contributed by atoms with Gasteiger partial charge in [-0.05, 0) is 48.7 Å². The Labute approximate surface area is 193 Å². The zero-order valence-corrected chi connectivity index (χ0v) is 19.0. The van der Waals surface area contributed by atoms with E-state index in [0.717, 1.165) is 30.6 Å². The molecule has 2 heterocycles. The van der Waals surface area contributed by atoms with Crippen LogP contribution in [0.3, 0.4) is 0 Å². The van der Waals surface area contributed by atoms with Crippen molar-refractivity contribution < 1.29 is 28.9 Å². The van der Waals surface area contributed by atoms with Gasteiger partial charge >= 0.3 is 0 Å². The molecular weight excluding hydrogens is 422 g/mol. The molecule has 1 fully saturated rings. The standard InChI is InChI=1S/C26H29NO6/c1-3-5-12-27-23(17-6-9-19(10-7-17)31-13-4-2)22(25(29)26(27)30)24(28)18-8-11-20-21(16-18)33-15-14-32-20/h6-11,16,23,28H,3-5,12-15H2,1-2H3/b24-22-. The molecule has 2 aromatic carbocycles. The third-order valence-electron chi connectivity index (χ3n) is 5.78. The molecule has 1 amide bonds. The molecule has 0 bridgehead atoms. The number of rotatable bonds is 8. The van der Waals surface area contributed by atoms with Crippen LogP contribution in [-0.2, 0) is 9.59 Å². The molecule has 0 aromatic heterocycles. The lowest BCUT2D eigenvalue weighted by Gasteiger charge is -2.25. The molecule has 7 heteroatoms. The summed E-state index contributed by atoms with van der Waals surface area (Å²) in [7, 11) is 0. The van der Waals surface area contributed by atoms with Gasteiger partial charge in [-0.25, -0.2) is 0 Å². The number of likely N-dealkylation sites (tertiary alicyclic amines) is 1. The highest BCUT2D eigenvalue weighted by atomic mass is 16.6. The van der Waals surface area contributed by atoms with Gasteiger partial charge in [-0.15, -0.1) is 0 Å². The molecule has 2 aliphatic heterocycles. The smallest absolute Gasteiger partial charge is 0.295 e. The molecule has 0 aliphatic carbocycles. The van der Waals surface area contributed by atoms with Crippen molar-refractivity contribution >= 4 is 17.4 Å². The number of hydrogen-bond donors (Lipinski definition) is 1. The number of ketones is 1. The van der Waals surface area contributed by atoms with E-state index in [2.05, 4.69) is 0 Å². The van der Waals surface area contributed by atoms with Gasteiger partial charge in [0.25, 0.3) is 11.7 Å². The molecule has 1 N–H and O–H groups in total. The minimum Gasteiger partial charge on any atom is -0.507 e. The summed E-state index contributed by atoms with van der Waals surface area (Å²) in [6.07, 6.45) is 2.53. The summed E-state index contributed by atoms with van der Waals surface area (Å²) >= 11 is 0. The molecular formula is C26H29NO6. The van der Waals surface area contributed by atoms with Crippen LogP contribution in [0, 0.1) is 0 Å². The van der Waals surface area contributed by atoms with Gasteiger partial charge in [0.2, 0.25) is 0 Å². The highest BCUT2D eigenvalue weighted by Gasteiger charge is 2.45. The lowest BCUT2D eigenvalue weighted by atomic mass is 9.95. The summed E-state index contributed by atoms with van der Waals surface area (Å²) in [6.45, 7) is 5.97. The fraction of sp³-hybridized carbons (Fsp3) is 0.385. The number of aliphatic hydroxyl groups is 1. The van der Waals surface area contributed by atoms with E-state index in [1.54, 1.807) is 23.1 Å². The van der Waals surface area contributed by atoms with E-state index in [-0.39, 0.29) is 11.3 Å². The van der Waals surface area contributed by atoms with Gasteiger partial charge in [0.1, 0.15) is 24.7 Å². The Morgan fingerprint density at radius 2 is 1.76 bits per heavy atom. The molecule has 7 nitrogen and oxygen atoms in total. The Morgan fingerprint density at radius 3 is 2.45 bits per heavy atom. The Hall–Kier alpha value is -3.48. The number of Topliss-reactive ketones (excluding diaryl/α,β-unsaturated/α-hetero) is 1. The number of benzene rings is 2. The molecule has 174 valence electrons. The molecule has 2 aromatic rings. The van der Waals surface area contributed by atoms with Crippen LogP contribution in [0.2, 0.25) is 0 Å². The number of carbonyl (C=O) groups excluding carboxylic acids is 2. The van der Waals surface area contributed by atoms with E-state index in [1.165, 1.54) is 0 Å². The maximum atomic E-state index is 13.1. The number of ether oxygens (including phenoxy) is 3. The third-order valence-corrected chi connectivity index (χ3v) is 5.78. The van der Waals surface area contributed by atoms with Gasteiger partial charge in [-0.3, -0.25) is 9.59 Å². The maximum absolute atomic E-state index is 13.1. The Kier molecular flexibility index (Phi) is 6.87. The van der Waals surface area contributed by atoms with E-state index in [9.17, 15) is 14.7 Å². The Balaban J connectivity index is 1.76. The second kappa shape index (κ2) is 9.98. The summed E-state index contributed by atoms with van der Waals surface area (Å²) in [4.78, 5) is 27.6. The second-order valence-electron chi connectivity index (χ2n) is 8.12. The zero-order chi connectivity index (χ0) is 23.4. The summed E-state index contributed by atoms with van der Waals surface area (Å²) in [5.74, 6) is 0.298. The highest BCUT2D eigenvalue weighted by molar-refractivity contribution is 6.46. The molecule has 0 spiro atoms. The average molecular weight is 452 g/mol. The molecule has 33 heavy (non-hydrogen) atoms. The van der Waals surface area contributed by atoms with Gasteiger partial charge < -0.3 is 24.2 Å². The van der Waals surface area contributed by atoms with Crippen molar-refractivity contribution in [2.24, 2.45) is 0 Å². The number of amides is 1. The normalized spacial score (nSPS) is 19.1. The van der Waals surface area contributed by atoms with Crippen LogP contribution in [0.5, 0.6) is 17.2 Å². The highest BCUT2D eigenvalue weighted by Crippen LogP contribution is 2.41. The number of aliphatic hydroxyl groups excluding tert-OH is 1. The number of nitrogens with zero attached hydrogens (tertiary/aromatic N) is 1. The van der Waals surface area contributed by atoms with Crippen molar-refractivity contribution in [1.82, 2.24) is 4.90 Å². The van der Waals surface area contributed by atoms with Crippen LogP contribution in [0.4, 0.5) is 0 Å². The fourth-order valence-corrected chi connectivity index (χ4v) is 4.10. The summed E-state index contributed by atoms with van der Waals surface area (Å²) in [5, 5.41) is 11.2. The van der Waals surface area contributed by atoms with Crippen LogP contribution < -0.4 is 14.2 Å². The van der Waals surface area contributed by atoms with Crippen molar-refractivity contribution in [2.45, 2.75) is 39.2 Å². The predicted molar refractivity (Wildman–Crippen MR) is 124 cm³/mol. The summed E-state index contributed by atoms with van der Waals surface area (Å²) in [6, 6.07) is 11.7. The molecule has 0 saturated carbocycles. The largest absolute Gasteiger partial charge is 0.507 e. The predicted octanol–water partition coefficient (Wildman–Crippen LogP) is 4.47. The lowest BCUT2D eigenvalue weighted by Crippen LogP contribution is -2.30. The SMILES string of the molecule is CCCCN1C(=O)C(=O)/C(=C(\O)c2ccc3c(c2)OCCO3)C1c1ccc(OCCC)cc1. The van der Waals surface area contributed by atoms with Crippen LogP contribution in [0.1, 0.15) is 50.3 Å². The van der Waals surface area contributed by atoms with Gasteiger partial charge in [-0.1, -0.05) is 32.4 Å². The number of carbonyl (C=O) groups is 2. The van der Waals surface area contributed by atoms with Gasteiger partial charge in [0.05, 0.1) is 18.2 Å². The first kappa shape index (κ1) is 22.7. The summed E-state index contributed by atoms with van der Waals surface area (Å²) in [5.41, 5.74) is 1.23. The molecule has 1 unspecified atom stereocenters. The number of hydrogen-bond acceptors (Lipinski definition) is 6. The average Bonchev–Trinajstić information content (AvgIpc) is 3.10.